The Morgan fingerprint density at radius 1 is 1.33 bits per heavy atom. The fourth-order valence-corrected chi connectivity index (χ4v) is 1.72. The van der Waals surface area contributed by atoms with Crippen molar-refractivity contribution in [1.82, 2.24) is 0 Å². The van der Waals surface area contributed by atoms with Gasteiger partial charge in [-0.25, -0.2) is 9.45 Å². The van der Waals surface area contributed by atoms with Gasteiger partial charge in [0, 0.05) is 0 Å². The predicted molar refractivity (Wildman–Crippen MR) is 74.0 cm³/mol. The smallest absolute Gasteiger partial charge is 0.171 e. The van der Waals surface area contributed by atoms with E-state index >= 15 is 0 Å². The van der Waals surface area contributed by atoms with Gasteiger partial charge in [-0.1, -0.05) is 32.4 Å². The van der Waals surface area contributed by atoms with Crippen molar-refractivity contribution in [2.24, 2.45) is 5.41 Å². The quantitative estimate of drug-likeness (QED) is 0.657. The summed E-state index contributed by atoms with van der Waals surface area (Å²) in [5.74, 6) is -0.666. The number of rotatable bonds is 3. The zero-order valence-electron chi connectivity index (χ0n) is 11.1. The lowest BCUT2D eigenvalue weighted by Gasteiger charge is -2.30. The second-order valence-corrected chi connectivity index (χ2v) is 5.69. The molecule has 1 aromatic carbocycles. The summed E-state index contributed by atoms with van der Waals surface area (Å²) in [7, 11) is 1.45. The van der Waals surface area contributed by atoms with Crippen molar-refractivity contribution in [3.8, 4) is 0 Å². The Morgan fingerprint density at radius 2 is 1.89 bits per heavy atom. The fraction of sp³-hybridized carbons (Fsp3) is 0.500. The van der Waals surface area contributed by atoms with Crippen molar-refractivity contribution in [3.63, 3.8) is 0 Å². The highest BCUT2D eigenvalue weighted by molar-refractivity contribution is 6.33. The van der Waals surface area contributed by atoms with Gasteiger partial charge in [-0.05, 0) is 11.5 Å². The van der Waals surface area contributed by atoms with Crippen LogP contribution in [-0.4, -0.2) is 13.7 Å². The third-order valence-corrected chi connectivity index (χ3v) is 2.71. The first-order valence-electron chi connectivity index (χ1n) is 5.52. The molecule has 0 amide bonds. The second kappa shape index (κ2) is 5.20. The van der Waals surface area contributed by atoms with E-state index in [9.17, 15) is 4.39 Å². The molecule has 0 aliphatic heterocycles. The predicted octanol–water partition coefficient (Wildman–Crippen LogP) is 3.06. The van der Waals surface area contributed by atoms with Gasteiger partial charge < -0.3 is 11.5 Å². The Bertz CT molecular complexity index is 446. The summed E-state index contributed by atoms with van der Waals surface area (Å²) < 4.78 is 14.1. The summed E-state index contributed by atoms with van der Waals surface area (Å²) >= 11 is 5.79. The molecule has 1 rings (SSSR count). The largest absolute Gasteiger partial charge is 0.397 e. The van der Waals surface area contributed by atoms with Crippen LogP contribution < -0.4 is 16.5 Å². The van der Waals surface area contributed by atoms with E-state index in [2.05, 4.69) is 0 Å². The highest BCUT2D eigenvalue weighted by Gasteiger charge is 2.24. The molecule has 0 aliphatic rings. The number of hydrogen-bond donors (Lipinski definition) is 2. The maximum absolute atomic E-state index is 14.1. The molecule has 4 nitrogen and oxygen atoms in total. The number of anilines is 3. The third-order valence-electron chi connectivity index (χ3n) is 2.33. The van der Waals surface area contributed by atoms with Crippen molar-refractivity contribution in [2.75, 3.05) is 30.2 Å². The molecule has 0 fully saturated rings. The SMILES string of the molecule is CON(CC(C)(C)C)c1c(N)cc(N)c(Cl)c1F. The van der Waals surface area contributed by atoms with Gasteiger partial charge in [0.05, 0.1) is 25.0 Å². The lowest BCUT2D eigenvalue weighted by molar-refractivity contribution is 0.140. The van der Waals surface area contributed by atoms with Crippen LogP contribution in [0.4, 0.5) is 21.5 Å². The van der Waals surface area contributed by atoms with E-state index in [1.165, 1.54) is 18.2 Å². The molecule has 1 aromatic rings. The summed E-state index contributed by atoms with van der Waals surface area (Å²) in [6, 6.07) is 1.43. The van der Waals surface area contributed by atoms with E-state index in [4.69, 9.17) is 27.9 Å². The van der Waals surface area contributed by atoms with Crippen molar-refractivity contribution < 1.29 is 9.23 Å². The van der Waals surface area contributed by atoms with Gasteiger partial charge >= 0.3 is 0 Å². The topological polar surface area (TPSA) is 64.5 Å². The van der Waals surface area contributed by atoms with Gasteiger partial charge in [0.25, 0.3) is 0 Å². The molecule has 4 N–H and O–H groups in total. The maximum Gasteiger partial charge on any atom is 0.171 e. The van der Waals surface area contributed by atoms with Gasteiger partial charge in [0.1, 0.15) is 10.7 Å². The first-order valence-corrected chi connectivity index (χ1v) is 5.89. The van der Waals surface area contributed by atoms with Gasteiger partial charge in [-0.2, -0.15) is 0 Å². The first kappa shape index (κ1) is 14.9. The van der Waals surface area contributed by atoms with Crippen LogP contribution in [0.2, 0.25) is 5.02 Å². The summed E-state index contributed by atoms with van der Waals surface area (Å²) in [6.45, 7) is 6.48. The third kappa shape index (κ3) is 3.17. The number of hydroxylamine groups is 1. The van der Waals surface area contributed by atoms with E-state index in [1.54, 1.807) is 0 Å². The van der Waals surface area contributed by atoms with Gasteiger partial charge in [-0.15, -0.1) is 0 Å². The average molecular weight is 276 g/mol. The molecular formula is C12H19ClFN3O. The first-order chi connectivity index (χ1) is 8.17. The molecule has 0 atom stereocenters. The van der Waals surface area contributed by atoms with E-state index in [-0.39, 0.29) is 27.5 Å². The molecule has 0 saturated heterocycles. The molecule has 0 unspecified atom stereocenters. The van der Waals surface area contributed by atoms with Crippen LogP contribution in [-0.2, 0) is 4.84 Å². The Hall–Kier alpha value is -1.20. The number of hydrogen-bond acceptors (Lipinski definition) is 4. The Balaban J connectivity index is 3.26. The minimum atomic E-state index is -0.666. The molecule has 0 heterocycles. The van der Waals surface area contributed by atoms with E-state index in [1.807, 2.05) is 20.8 Å². The van der Waals surface area contributed by atoms with Gasteiger partial charge in [0.2, 0.25) is 0 Å². The normalized spacial score (nSPS) is 11.7. The Morgan fingerprint density at radius 3 is 2.33 bits per heavy atom. The summed E-state index contributed by atoms with van der Waals surface area (Å²) in [4.78, 5) is 5.18. The Kier molecular flexibility index (Phi) is 4.29. The molecular weight excluding hydrogens is 257 g/mol. The van der Waals surface area contributed by atoms with Crippen molar-refractivity contribution >= 4 is 28.7 Å². The summed E-state index contributed by atoms with van der Waals surface area (Å²) in [5.41, 5.74) is 11.7. The zero-order chi connectivity index (χ0) is 14.1. The van der Waals surface area contributed by atoms with Gasteiger partial charge in [0.15, 0.2) is 5.82 Å². The molecule has 18 heavy (non-hydrogen) atoms. The number of halogens is 2. The average Bonchev–Trinajstić information content (AvgIpc) is 2.23. The molecule has 0 bridgehead atoms. The molecule has 6 heteroatoms. The lowest BCUT2D eigenvalue weighted by Crippen LogP contribution is -2.33. The van der Waals surface area contributed by atoms with Gasteiger partial charge in [-0.3, -0.25) is 4.84 Å². The van der Waals surface area contributed by atoms with Crippen LogP contribution in [0, 0.1) is 11.2 Å². The number of nitrogens with zero attached hydrogens (tertiary/aromatic N) is 1. The number of nitrogens with two attached hydrogens (primary N) is 2. The van der Waals surface area contributed by atoms with E-state index in [0.29, 0.717) is 6.54 Å². The van der Waals surface area contributed by atoms with Crippen LogP contribution in [0.3, 0.4) is 0 Å². The van der Waals surface area contributed by atoms with Crippen LogP contribution >= 0.6 is 11.6 Å². The number of benzene rings is 1. The van der Waals surface area contributed by atoms with Crippen LogP contribution in [0.25, 0.3) is 0 Å². The van der Waals surface area contributed by atoms with Crippen molar-refractivity contribution in [3.05, 3.63) is 16.9 Å². The minimum absolute atomic E-state index is 0.0945. The standard InChI is InChI=1S/C12H19ClFN3O/c1-12(2,3)6-17(18-4)11-8(16)5-7(15)9(13)10(11)14/h5H,6,15-16H2,1-4H3. The summed E-state index contributed by atoms with van der Waals surface area (Å²) in [6.07, 6.45) is 0. The molecule has 102 valence electrons. The lowest BCUT2D eigenvalue weighted by atomic mass is 9.96. The van der Waals surface area contributed by atoms with Crippen molar-refractivity contribution in [1.29, 1.82) is 0 Å². The van der Waals surface area contributed by atoms with Crippen LogP contribution in [0.15, 0.2) is 6.07 Å². The highest BCUT2D eigenvalue weighted by Crippen LogP contribution is 2.37. The van der Waals surface area contributed by atoms with Crippen molar-refractivity contribution in [2.45, 2.75) is 20.8 Å². The second-order valence-electron chi connectivity index (χ2n) is 5.31. The van der Waals surface area contributed by atoms with Crippen LogP contribution in [0.5, 0.6) is 0 Å². The van der Waals surface area contributed by atoms with E-state index < -0.39 is 5.82 Å². The zero-order valence-corrected chi connectivity index (χ0v) is 11.8. The number of nitrogen functional groups attached to an aromatic ring is 2. The molecule has 0 spiro atoms. The molecule has 0 aliphatic carbocycles. The Labute approximate surface area is 112 Å². The maximum atomic E-state index is 14.1. The minimum Gasteiger partial charge on any atom is -0.397 e. The van der Waals surface area contributed by atoms with E-state index in [0.717, 1.165) is 0 Å². The monoisotopic (exact) mass is 275 g/mol. The summed E-state index contributed by atoms with van der Waals surface area (Å²) in [5, 5.41) is 1.24. The molecule has 0 aromatic heterocycles. The van der Waals surface area contributed by atoms with Crippen LogP contribution in [0.1, 0.15) is 20.8 Å². The fourth-order valence-electron chi connectivity index (χ4n) is 1.58. The highest BCUT2D eigenvalue weighted by atomic mass is 35.5. The molecule has 0 radical (unpaired) electrons. The molecule has 0 saturated carbocycles.